The fourth-order valence-corrected chi connectivity index (χ4v) is 3.48. The maximum atomic E-state index is 12.2. The van der Waals surface area contributed by atoms with Gasteiger partial charge >= 0.3 is 0 Å². The number of nitrogens with zero attached hydrogens (tertiary/aromatic N) is 2. The maximum absolute atomic E-state index is 12.2. The standard InChI is InChI=1S/C15H27N3O3/c1-17-6-8-18(9-7-17)14(19)12-20-13-10-15(21-11-13)2-4-16-5-3-15/h13,16H,2-12H2,1H3. The highest BCUT2D eigenvalue weighted by Gasteiger charge is 2.41. The third-order valence-corrected chi connectivity index (χ3v) is 4.99. The molecule has 21 heavy (non-hydrogen) atoms. The van der Waals surface area contributed by atoms with Crippen LogP contribution in [0, 0.1) is 0 Å². The highest BCUT2D eigenvalue weighted by molar-refractivity contribution is 5.77. The monoisotopic (exact) mass is 297 g/mol. The second-order valence-electron chi connectivity index (χ2n) is 6.57. The van der Waals surface area contributed by atoms with Gasteiger partial charge in [0.25, 0.3) is 0 Å². The van der Waals surface area contributed by atoms with Crippen molar-refractivity contribution in [1.29, 1.82) is 0 Å². The van der Waals surface area contributed by atoms with E-state index in [1.165, 1.54) is 0 Å². The Balaban J connectivity index is 1.40. The van der Waals surface area contributed by atoms with Crippen LogP contribution in [0.1, 0.15) is 19.3 Å². The number of hydrogen-bond donors (Lipinski definition) is 1. The van der Waals surface area contributed by atoms with Crippen LogP contribution in [0.3, 0.4) is 0 Å². The number of nitrogens with one attached hydrogen (secondary N) is 1. The first kappa shape index (κ1) is 15.2. The Morgan fingerprint density at radius 1 is 1.29 bits per heavy atom. The molecule has 0 saturated carbocycles. The number of carbonyl (C=O) groups is 1. The molecule has 3 heterocycles. The average molecular weight is 297 g/mol. The minimum atomic E-state index is 0.00675. The van der Waals surface area contributed by atoms with Crippen molar-refractivity contribution < 1.29 is 14.3 Å². The van der Waals surface area contributed by atoms with Crippen LogP contribution in [-0.4, -0.2) is 86.9 Å². The Kier molecular flexibility index (Phi) is 4.78. The largest absolute Gasteiger partial charge is 0.372 e. The zero-order valence-electron chi connectivity index (χ0n) is 13.0. The van der Waals surface area contributed by atoms with Crippen LogP contribution in [0.2, 0.25) is 0 Å². The summed E-state index contributed by atoms with van der Waals surface area (Å²) < 4.78 is 11.8. The SMILES string of the molecule is CN1CCN(C(=O)COC2COC3(CCNCC3)C2)CC1. The fraction of sp³-hybridized carbons (Fsp3) is 0.933. The lowest BCUT2D eigenvalue weighted by atomic mass is 9.89. The molecular formula is C15H27N3O3. The predicted molar refractivity (Wildman–Crippen MR) is 79.2 cm³/mol. The average Bonchev–Trinajstić information content (AvgIpc) is 2.89. The van der Waals surface area contributed by atoms with Gasteiger partial charge in [0, 0.05) is 32.6 Å². The van der Waals surface area contributed by atoms with Gasteiger partial charge in [-0.25, -0.2) is 0 Å². The van der Waals surface area contributed by atoms with Gasteiger partial charge in [0.2, 0.25) is 5.91 Å². The summed E-state index contributed by atoms with van der Waals surface area (Å²) in [6, 6.07) is 0. The first-order chi connectivity index (χ1) is 10.2. The number of ether oxygens (including phenoxy) is 2. The number of piperidine rings is 1. The van der Waals surface area contributed by atoms with Crippen LogP contribution >= 0.6 is 0 Å². The molecule has 1 amide bonds. The van der Waals surface area contributed by atoms with Crippen molar-refractivity contribution in [3.63, 3.8) is 0 Å². The molecule has 0 aromatic carbocycles. The van der Waals surface area contributed by atoms with Crippen LogP contribution in [0.15, 0.2) is 0 Å². The number of carbonyl (C=O) groups excluding carboxylic acids is 1. The summed E-state index contributed by atoms with van der Waals surface area (Å²) >= 11 is 0. The van der Waals surface area contributed by atoms with Gasteiger partial charge < -0.3 is 24.6 Å². The minimum Gasteiger partial charge on any atom is -0.372 e. The van der Waals surface area contributed by atoms with Gasteiger partial charge in [-0.2, -0.15) is 0 Å². The molecule has 6 heteroatoms. The molecule has 1 unspecified atom stereocenters. The number of piperazine rings is 1. The van der Waals surface area contributed by atoms with Crippen LogP contribution in [-0.2, 0) is 14.3 Å². The van der Waals surface area contributed by atoms with E-state index in [4.69, 9.17) is 9.47 Å². The number of likely N-dealkylation sites (N-methyl/N-ethyl adjacent to an activating group) is 1. The summed E-state index contributed by atoms with van der Waals surface area (Å²) in [5.41, 5.74) is 0.00675. The highest BCUT2D eigenvalue weighted by Crippen LogP contribution is 2.35. The van der Waals surface area contributed by atoms with E-state index in [-0.39, 0.29) is 24.2 Å². The quantitative estimate of drug-likeness (QED) is 0.774. The van der Waals surface area contributed by atoms with Crippen LogP contribution in [0.25, 0.3) is 0 Å². The number of amides is 1. The normalized spacial score (nSPS) is 30.0. The Bertz CT molecular complexity index is 363. The predicted octanol–water partition coefficient (Wildman–Crippen LogP) is -0.312. The van der Waals surface area contributed by atoms with Crippen molar-refractivity contribution in [2.24, 2.45) is 0 Å². The van der Waals surface area contributed by atoms with Gasteiger partial charge in [-0.3, -0.25) is 4.79 Å². The van der Waals surface area contributed by atoms with Gasteiger partial charge in [0.05, 0.1) is 18.3 Å². The van der Waals surface area contributed by atoms with E-state index >= 15 is 0 Å². The summed E-state index contributed by atoms with van der Waals surface area (Å²) in [5, 5.41) is 3.36. The van der Waals surface area contributed by atoms with Gasteiger partial charge in [-0.1, -0.05) is 0 Å². The summed E-state index contributed by atoms with van der Waals surface area (Å²) in [6.07, 6.45) is 3.13. The molecule has 1 N–H and O–H groups in total. The van der Waals surface area contributed by atoms with Crippen molar-refractivity contribution in [2.75, 3.05) is 59.5 Å². The topological polar surface area (TPSA) is 54.0 Å². The fourth-order valence-electron chi connectivity index (χ4n) is 3.48. The van der Waals surface area contributed by atoms with E-state index in [9.17, 15) is 4.79 Å². The molecule has 1 spiro atoms. The van der Waals surface area contributed by atoms with E-state index in [1.807, 2.05) is 4.90 Å². The molecule has 120 valence electrons. The Morgan fingerprint density at radius 2 is 2.00 bits per heavy atom. The molecule has 0 aromatic heterocycles. The Hall–Kier alpha value is -0.690. The molecule has 3 aliphatic heterocycles. The molecule has 3 aliphatic rings. The summed E-state index contributed by atoms with van der Waals surface area (Å²) in [4.78, 5) is 16.3. The van der Waals surface area contributed by atoms with Crippen molar-refractivity contribution in [1.82, 2.24) is 15.1 Å². The third-order valence-electron chi connectivity index (χ3n) is 4.99. The lowest BCUT2D eigenvalue weighted by Crippen LogP contribution is -2.48. The molecule has 3 saturated heterocycles. The molecule has 3 rings (SSSR count). The van der Waals surface area contributed by atoms with Crippen LogP contribution < -0.4 is 5.32 Å². The minimum absolute atomic E-state index is 0.00675. The van der Waals surface area contributed by atoms with Crippen molar-refractivity contribution in [3.05, 3.63) is 0 Å². The van der Waals surface area contributed by atoms with E-state index < -0.39 is 0 Å². The lowest BCUT2D eigenvalue weighted by molar-refractivity contribution is -0.139. The molecule has 0 radical (unpaired) electrons. The van der Waals surface area contributed by atoms with Crippen LogP contribution in [0.4, 0.5) is 0 Å². The molecule has 3 fully saturated rings. The zero-order valence-corrected chi connectivity index (χ0v) is 13.0. The number of rotatable bonds is 3. The Morgan fingerprint density at radius 3 is 2.71 bits per heavy atom. The van der Waals surface area contributed by atoms with E-state index in [0.29, 0.717) is 6.61 Å². The van der Waals surface area contributed by atoms with E-state index in [1.54, 1.807) is 0 Å². The summed E-state index contributed by atoms with van der Waals surface area (Å²) in [5.74, 6) is 0.120. The first-order valence-electron chi connectivity index (χ1n) is 8.09. The third kappa shape index (κ3) is 3.74. The smallest absolute Gasteiger partial charge is 0.248 e. The Labute approximate surface area is 126 Å². The second kappa shape index (κ2) is 6.60. The summed E-state index contributed by atoms with van der Waals surface area (Å²) in [6.45, 7) is 6.41. The molecule has 0 aromatic rings. The molecule has 1 atom stereocenters. The molecular weight excluding hydrogens is 270 g/mol. The number of hydrogen-bond acceptors (Lipinski definition) is 5. The van der Waals surface area contributed by atoms with Crippen molar-refractivity contribution in [2.45, 2.75) is 31.0 Å². The first-order valence-corrected chi connectivity index (χ1v) is 8.09. The van der Waals surface area contributed by atoms with Crippen LogP contribution in [0.5, 0.6) is 0 Å². The van der Waals surface area contributed by atoms with Crippen molar-refractivity contribution in [3.8, 4) is 0 Å². The van der Waals surface area contributed by atoms with E-state index in [0.717, 1.165) is 58.5 Å². The van der Waals surface area contributed by atoms with E-state index in [2.05, 4.69) is 17.3 Å². The lowest BCUT2D eigenvalue weighted by Gasteiger charge is -2.33. The van der Waals surface area contributed by atoms with Crippen molar-refractivity contribution >= 4 is 5.91 Å². The summed E-state index contributed by atoms with van der Waals surface area (Å²) in [7, 11) is 2.09. The molecule has 6 nitrogen and oxygen atoms in total. The molecule has 0 aliphatic carbocycles. The maximum Gasteiger partial charge on any atom is 0.248 e. The van der Waals surface area contributed by atoms with Gasteiger partial charge in [0.1, 0.15) is 6.61 Å². The van der Waals surface area contributed by atoms with Gasteiger partial charge in [0.15, 0.2) is 0 Å². The second-order valence-corrected chi connectivity index (χ2v) is 6.57. The van der Waals surface area contributed by atoms with Gasteiger partial charge in [-0.15, -0.1) is 0 Å². The highest BCUT2D eigenvalue weighted by atomic mass is 16.6. The zero-order chi connectivity index (χ0) is 14.7. The van der Waals surface area contributed by atoms with Gasteiger partial charge in [-0.05, 0) is 33.0 Å². The molecule has 0 bridgehead atoms.